The lowest BCUT2D eigenvalue weighted by Crippen LogP contribution is -1.98. The van der Waals surface area contributed by atoms with E-state index in [1.54, 1.807) is 18.2 Å². The second kappa shape index (κ2) is 4.86. The van der Waals surface area contributed by atoms with Crippen LogP contribution in [-0.2, 0) is 0 Å². The third kappa shape index (κ3) is 2.41. The molecule has 21 heavy (non-hydrogen) atoms. The molecule has 0 atom stereocenters. The summed E-state index contributed by atoms with van der Waals surface area (Å²) < 4.78 is 14.0. The van der Waals surface area contributed by atoms with Gasteiger partial charge in [0.2, 0.25) is 0 Å². The number of phenolic OH excluding ortho intramolecular Hbond substituents is 1. The maximum atomic E-state index is 14.0. The molecule has 104 valence electrons. The molecule has 0 aliphatic carbocycles. The maximum absolute atomic E-state index is 14.0. The number of aromatic carboxylic acids is 1. The number of aromatic nitrogens is 1. The van der Waals surface area contributed by atoms with Gasteiger partial charge >= 0.3 is 5.97 Å². The van der Waals surface area contributed by atoms with Crippen molar-refractivity contribution in [2.24, 2.45) is 0 Å². The molecular weight excluding hydrogens is 273 g/mol. The van der Waals surface area contributed by atoms with E-state index >= 15 is 0 Å². The number of benzene rings is 2. The molecule has 1 heterocycles. The van der Waals surface area contributed by atoms with Gasteiger partial charge in [-0.15, -0.1) is 0 Å². The van der Waals surface area contributed by atoms with Crippen LogP contribution in [0.15, 0.2) is 48.7 Å². The van der Waals surface area contributed by atoms with Crippen molar-refractivity contribution < 1.29 is 19.4 Å². The monoisotopic (exact) mass is 283 g/mol. The summed E-state index contributed by atoms with van der Waals surface area (Å²) >= 11 is 0. The molecule has 2 N–H and O–H groups in total. The van der Waals surface area contributed by atoms with Crippen molar-refractivity contribution in [2.45, 2.75) is 0 Å². The molecule has 0 aliphatic heterocycles. The normalized spacial score (nSPS) is 10.7. The number of phenols is 1. The van der Waals surface area contributed by atoms with Crippen molar-refractivity contribution >= 4 is 16.7 Å². The Bertz CT molecular complexity index is 861. The van der Waals surface area contributed by atoms with E-state index in [4.69, 9.17) is 5.11 Å². The molecule has 3 rings (SSSR count). The Morgan fingerprint density at radius 1 is 1.05 bits per heavy atom. The largest absolute Gasteiger partial charge is 0.508 e. The summed E-state index contributed by atoms with van der Waals surface area (Å²) in [4.78, 5) is 15.0. The third-order valence-electron chi connectivity index (χ3n) is 3.20. The number of rotatable bonds is 2. The first-order chi connectivity index (χ1) is 10.0. The van der Waals surface area contributed by atoms with Crippen LogP contribution in [0.1, 0.15) is 10.4 Å². The zero-order valence-electron chi connectivity index (χ0n) is 10.7. The summed E-state index contributed by atoms with van der Waals surface area (Å²) in [6, 6.07) is 10.2. The molecule has 4 nitrogen and oxygen atoms in total. The van der Waals surface area contributed by atoms with Crippen molar-refractivity contribution in [3.8, 4) is 17.0 Å². The molecule has 0 amide bonds. The summed E-state index contributed by atoms with van der Waals surface area (Å²) in [6.07, 6.45) is 1.54. The minimum Gasteiger partial charge on any atom is -0.508 e. The second-order valence-corrected chi connectivity index (χ2v) is 4.60. The average molecular weight is 283 g/mol. The van der Waals surface area contributed by atoms with E-state index in [2.05, 4.69) is 4.98 Å². The van der Waals surface area contributed by atoms with Gasteiger partial charge in [0.15, 0.2) is 0 Å². The Kier molecular flexibility index (Phi) is 3.02. The van der Waals surface area contributed by atoms with E-state index in [1.807, 2.05) is 0 Å². The van der Waals surface area contributed by atoms with E-state index in [0.29, 0.717) is 5.69 Å². The number of carboxylic acids is 1. The first-order valence-corrected chi connectivity index (χ1v) is 6.16. The fraction of sp³-hybridized carbons (Fsp3) is 0. The van der Waals surface area contributed by atoms with Crippen molar-refractivity contribution in [2.75, 3.05) is 0 Å². The fourth-order valence-electron chi connectivity index (χ4n) is 2.13. The molecule has 0 saturated heterocycles. The molecule has 0 aliphatic rings. The lowest BCUT2D eigenvalue weighted by molar-refractivity contribution is 0.0696. The van der Waals surface area contributed by atoms with Crippen molar-refractivity contribution in [1.29, 1.82) is 0 Å². The highest BCUT2D eigenvalue weighted by Crippen LogP contribution is 2.26. The van der Waals surface area contributed by atoms with Gasteiger partial charge in [-0.1, -0.05) is 6.07 Å². The van der Waals surface area contributed by atoms with Crippen LogP contribution in [0, 0.1) is 5.82 Å². The van der Waals surface area contributed by atoms with Crippen LogP contribution in [0.3, 0.4) is 0 Å². The predicted octanol–water partition coefficient (Wildman–Crippen LogP) is 3.44. The number of hydrogen-bond donors (Lipinski definition) is 2. The van der Waals surface area contributed by atoms with Crippen molar-refractivity contribution in [3.05, 3.63) is 60.0 Å². The Balaban J connectivity index is 2.12. The van der Waals surface area contributed by atoms with Gasteiger partial charge in [-0.3, -0.25) is 4.98 Å². The van der Waals surface area contributed by atoms with E-state index in [-0.39, 0.29) is 16.9 Å². The molecule has 2 aromatic carbocycles. The topological polar surface area (TPSA) is 70.4 Å². The Morgan fingerprint density at radius 2 is 1.86 bits per heavy atom. The van der Waals surface area contributed by atoms with Gasteiger partial charge in [-0.25, -0.2) is 9.18 Å². The summed E-state index contributed by atoms with van der Waals surface area (Å²) in [5.74, 6) is -1.68. The third-order valence-corrected chi connectivity index (χ3v) is 3.20. The number of nitrogens with zero attached hydrogens (tertiary/aromatic N) is 1. The van der Waals surface area contributed by atoms with E-state index < -0.39 is 11.8 Å². The quantitative estimate of drug-likeness (QED) is 0.755. The number of carboxylic acid groups (broad SMARTS) is 1. The lowest BCUT2D eigenvalue weighted by atomic mass is 10.0. The van der Waals surface area contributed by atoms with Crippen molar-refractivity contribution in [1.82, 2.24) is 4.98 Å². The zero-order chi connectivity index (χ0) is 15.0. The van der Waals surface area contributed by atoms with Crippen molar-refractivity contribution in [3.63, 3.8) is 0 Å². The summed E-state index contributed by atoms with van der Waals surface area (Å²) in [5, 5.41) is 19.8. The fourth-order valence-corrected chi connectivity index (χ4v) is 2.13. The van der Waals surface area contributed by atoms with E-state index in [1.165, 1.54) is 24.4 Å². The SMILES string of the molecule is O=C(O)c1ccc(-c2cc3ccc(O)cc3cn2)c(F)c1. The van der Waals surface area contributed by atoms with Crippen LogP contribution in [0.4, 0.5) is 4.39 Å². The van der Waals surface area contributed by atoms with Gasteiger partial charge in [0.05, 0.1) is 11.3 Å². The predicted molar refractivity (Wildman–Crippen MR) is 75.8 cm³/mol. The smallest absolute Gasteiger partial charge is 0.335 e. The number of pyridine rings is 1. The Morgan fingerprint density at radius 3 is 2.57 bits per heavy atom. The van der Waals surface area contributed by atoms with Crippen LogP contribution < -0.4 is 0 Å². The number of hydrogen-bond acceptors (Lipinski definition) is 3. The molecule has 0 saturated carbocycles. The van der Waals surface area contributed by atoms with Gasteiger partial charge in [0.25, 0.3) is 0 Å². The van der Waals surface area contributed by atoms with Gasteiger partial charge in [-0.2, -0.15) is 0 Å². The Labute approximate surface area is 119 Å². The van der Waals surface area contributed by atoms with Gasteiger partial charge in [0.1, 0.15) is 11.6 Å². The Hall–Kier alpha value is -2.95. The van der Waals surface area contributed by atoms with E-state index in [9.17, 15) is 14.3 Å². The highest BCUT2D eigenvalue weighted by atomic mass is 19.1. The van der Waals surface area contributed by atoms with Crippen LogP contribution in [0.5, 0.6) is 5.75 Å². The molecule has 0 bridgehead atoms. The minimum absolute atomic E-state index is 0.109. The second-order valence-electron chi connectivity index (χ2n) is 4.60. The summed E-state index contributed by atoms with van der Waals surface area (Å²) in [7, 11) is 0. The van der Waals surface area contributed by atoms with Gasteiger partial charge in [-0.05, 0) is 41.8 Å². The standard InChI is InChI=1S/C16H10FNO3/c17-14-6-10(16(20)21)2-4-13(14)15-7-9-1-3-12(19)5-11(9)8-18-15/h1-8,19H,(H,20,21). The zero-order valence-corrected chi connectivity index (χ0v) is 10.7. The number of aromatic hydroxyl groups is 1. The van der Waals surface area contributed by atoms with Crippen LogP contribution in [0.25, 0.3) is 22.0 Å². The first kappa shape index (κ1) is 13.1. The van der Waals surface area contributed by atoms with Crippen LogP contribution in [-0.4, -0.2) is 21.2 Å². The maximum Gasteiger partial charge on any atom is 0.335 e. The highest BCUT2D eigenvalue weighted by Gasteiger charge is 2.11. The van der Waals surface area contributed by atoms with Crippen LogP contribution in [0.2, 0.25) is 0 Å². The minimum atomic E-state index is -1.18. The number of carbonyl (C=O) groups is 1. The molecule has 0 unspecified atom stereocenters. The highest BCUT2D eigenvalue weighted by molar-refractivity contribution is 5.89. The molecule has 1 aromatic heterocycles. The van der Waals surface area contributed by atoms with Gasteiger partial charge < -0.3 is 10.2 Å². The molecule has 0 radical (unpaired) electrons. The molecular formula is C16H10FNO3. The van der Waals surface area contributed by atoms with Gasteiger partial charge in [0, 0.05) is 17.1 Å². The van der Waals surface area contributed by atoms with Crippen LogP contribution >= 0.6 is 0 Å². The summed E-state index contributed by atoms with van der Waals surface area (Å²) in [5.41, 5.74) is 0.527. The molecule has 0 fully saturated rings. The molecule has 3 aromatic rings. The lowest BCUT2D eigenvalue weighted by Gasteiger charge is -2.06. The average Bonchev–Trinajstić information content (AvgIpc) is 2.46. The summed E-state index contributed by atoms with van der Waals surface area (Å²) in [6.45, 7) is 0. The first-order valence-electron chi connectivity index (χ1n) is 6.16. The molecule has 0 spiro atoms. The number of fused-ring (bicyclic) bond motifs is 1. The number of halogens is 1. The molecule has 5 heteroatoms. The van der Waals surface area contributed by atoms with E-state index in [0.717, 1.165) is 16.8 Å².